The predicted octanol–water partition coefficient (Wildman–Crippen LogP) is 1.61. The van der Waals surface area contributed by atoms with Crippen LogP contribution in [0.1, 0.15) is 6.92 Å². The van der Waals surface area contributed by atoms with E-state index in [0.717, 1.165) is 0 Å². The Kier molecular flexibility index (Phi) is 14.5. The van der Waals surface area contributed by atoms with Crippen molar-refractivity contribution < 1.29 is 62.2 Å². The number of halogens is 1. The van der Waals surface area contributed by atoms with E-state index in [1.165, 1.54) is 7.11 Å². The van der Waals surface area contributed by atoms with Crippen LogP contribution in [-0.4, -0.2) is 74.7 Å². The molecular formula is C11H17FO12. The Morgan fingerprint density at radius 2 is 1.67 bits per heavy atom. The van der Waals surface area contributed by atoms with Crippen molar-refractivity contribution in [2.75, 3.05) is 33.5 Å². The quantitative estimate of drug-likeness (QED) is 0.423. The molecule has 1 aliphatic heterocycles. The number of rotatable bonds is 4. The van der Waals surface area contributed by atoms with Crippen molar-refractivity contribution in [3.8, 4) is 0 Å². The molecule has 1 aliphatic rings. The summed E-state index contributed by atoms with van der Waals surface area (Å²) in [6.45, 7) is 1.27. The Bertz CT molecular complexity index is 376. The second-order valence-electron chi connectivity index (χ2n) is 3.20. The maximum absolute atomic E-state index is 11.6. The van der Waals surface area contributed by atoms with Crippen LogP contribution in [0.4, 0.5) is 23.6 Å². The van der Waals surface area contributed by atoms with Crippen molar-refractivity contribution in [1.82, 2.24) is 0 Å². The zero-order valence-electron chi connectivity index (χ0n) is 12.8. The molecule has 0 aromatic rings. The zero-order valence-corrected chi connectivity index (χ0v) is 12.8. The van der Waals surface area contributed by atoms with E-state index in [4.69, 9.17) is 10.2 Å². The molecule has 1 saturated heterocycles. The largest absolute Gasteiger partial charge is 0.511 e. The lowest BCUT2D eigenvalue weighted by atomic mass is 10.8. The van der Waals surface area contributed by atoms with Crippen LogP contribution in [0.25, 0.3) is 0 Å². The molecule has 0 amide bonds. The smallest absolute Gasteiger partial charge is 0.450 e. The van der Waals surface area contributed by atoms with Gasteiger partial charge in [-0.15, -0.1) is 0 Å². The number of carbonyl (C=O) groups is 4. The van der Waals surface area contributed by atoms with Crippen LogP contribution >= 0.6 is 0 Å². The maximum atomic E-state index is 11.6. The summed E-state index contributed by atoms with van der Waals surface area (Å²) in [5.41, 5.74) is 0. The van der Waals surface area contributed by atoms with Crippen molar-refractivity contribution in [2.24, 2.45) is 0 Å². The fourth-order valence-corrected chi connectivity index (χ4v) is 0.741. The van der Waals surface area contributed by atoms with Gasteiger partial charge < -0.3 is 38.6 Å². The predicted molar refractivity (Wildman–Crippen MR) is 69.3 cm³/mol. The molecule has 24 heavy (non-hydrogen) atoms. The van der Waals surface area contributed by atoms with Gasteiger partial charge in [-0.05, 0) is 6.92 Å². The summed E-state index contributed by atoms with van der Waals surface area (Å²) in [5.74, 6) is 0. The highest BCUT2D eigenvalue weighted by atomic mass is 19.1. The first-order valence-electron chi connectivity index (χ1n) is 6.12. The highest BCUT2D eigenvalue weighted by molar-refractivity contribution is 5.61. The molecule has 1 heterocycles. The van der Waals surface area contributed by atoms with Crippen molar-refractivity contribution in [3.63, 3.8) is 0 Å². The molecule has 0 radical (unpaired) electrons. The third kappa shape index (κ3) is 19.0. The van der Waals surface area contributed by atoms with Gasteiger partial charge in [0.2, 0.25) is 0 Å². The molecule has 2 N–H and O–H groups in total. The average molecular weight is 360 g/mol. The van der Waals surface area contributed by atoms with E-state index in [2.05, 4.69) is 28.4 Å². The minimum Gasteiger partial charge on any atom is -0.450 e. The lowest BCUT2D eigenvalue weighted by Crippen LogP contribution is -2.10. The lowest BCUT2D eigenvalue weighted by molar-refractivity contribution is 0.0472. The summed E-state index contributed by atoms with van der Waals surface area (Å²) in [6.07, 6.45) is -5.99. The van der Waals surface area contributed by atoms with Gasteiger partial charge in [0.25, 0.3) is 6.36 Å². The number of hydrogen-bond donors (Lipinski definition) is 2. The minimum atomic E-state index is -1.55. The number of carboxylic acid groups (broad SMARTS) is 2. The summed E-state index contributed by atoms with van der Waals surface area (Å²) in [6, 6.07) is 0. The van der Waals surface area contributed by atoms with Gasteiger partial charge in [0.15, 0.2) is 6.61 Å². The molecular weight excluding hydrogens is 343 g/mol. The highest BCUT2D eigenvalue weighted by Crippen LogP contribution is 2.05. The van der Waals surface area contributed by atoms with Crippen LogP contribution in [0.5, 0.6) is 0 Å². The zero-order chi connectivity index (χ0) is 19.0. The second kappa shape index (κ2) is 14.9. The standard InChI is InChI=1S/C4H6O6.C4H8O3.C3H3FO3/c5-3(6)9-1-2-10-4(7)8;1-3-7-4(5)6-2;4-2-1-6-3(5)7-2/h1-2H2,(H,5,6)(H,7,8);3H2,1-2H3;2H,1H2. The Labute approximate surface area is 134 Å². The maximum Gasteiger partial charge on any atom is 0.511 e. The summed E-state index contributed by atoms with van der Waals surface area (Å²) in [7, 11) is 1.28. The van der Waals surface area contributed by atoms with Crippen molar-refractivity contribution in [3.05, 3.63) is 0 Å². The third-order valence-electron chi connectivity index (χ3n) is 1.52. The molecule has 0 aromatic carbocycles. The number of ether oxygens (including phenoxy) is 6. The Morgan fingerprint density at radius 3 is 1.83 bits per heavy atom. The molecule has 140 valence electrons. The van der Waals surface area contributed by atoms with E-state index >= 15 is 0 Å². The van der Waals surface area contributed by atoms with Gasteiger partial charge in [-0.2, -0.15) is 4.39 Å². The van der Waals surface area contributed by atoms with E-state index in [9.17, 15) is 23.6 Å². The summed E-state index contributed by atoms with van der Waals surface area (Å²) in [4.78, 5) is 39.0. The van der Waals surface area contributed by atoms with Crippen LogP contribution in [0.3, 0.4) is 0 Å². The van der Waals surface area contributed by atoms with Gasteiger partial charge >= 0.3 is 24.6 Å². The SMILES string of the molecule is CCOC(=O)OC.O=C(O)OCCOC(=O)O.O=C1OCC(F)O1. The third-order valence-corrected chi connectivity index (χ3v) is 1.52. The molecule has 0 spiro atoms. The summed E-state index contributed by atoms with van der Waals surface area (Å²) in [5, 5.41) is 15.7. The molecule has 0 aromatic heterocycles. The molecule has 0 aliphatic carbocycles. The molecule has 0 bridgehead atoms. The number of alkyl halides is 1. The number of hydrogen-bond acceptors (Lipinski definition) is 10. The van der Waals surface area contributed by atoms with E-state index in [1.54, 1.807) is 6.92 Å². The summed E-state index contributed by atoms with van der Waals surface area (Å²) < 4.78 is 35.8. The van der Waals surface area contributed by atoms with Crippen LogP contribution in [0.2, 0.25) is 0 Å². The average Bonchev–Trinajstić information content (AvgIpc) is 2.88. The highest BCUT2D eigenvalue weighted by Gasteiger charge is 2.23. The molecule has 1 atom stereocenters. The first kappa shape index (κ1) is 23.3. The van der Waals surface area contributed by atoms with Gasteiger partial charge in [-0.1, -0.05) is 0 Å². The minimum absolute atomic E-state index is 0.265. The van der Waals surface area contributed by atoms with Gasteiger partial charge in [0.05, 0.1) is 13.7 Å². The molecule has 1 fully saturated rings. The van der Waals surface area contributed by atoms with Gasteiger partial charge in [0, 0.05) is 0 Å². The first-order valence-corrected chi connectivity index (χ1v) is 6.12. The molecule has 1 unspecified atom stereocenters. The number of carbonyl (C=O) groups excluding carboxylic acids is 2. The van der Waals surface area contributed by atoms with E-state index < -0.39 is 31.0 Å². The first-order chi connectivity index (χ1) is 11.2. The van der Waals surface area contributed by atoms with Gasteiger partial charge in [-0.25, -0.2) is 19.2 Å². The Hall–Kier alpha value is -2.99. The van der Waals surface area contributed by atoms with Crippen LogP contribution in [0.15, 0.2) is 0 Å². The number of methoxy groups -OCH3 is 1. The Morgan fingerprint density at radius 1 is 1.17 bits per heavy atom. The van der Waals surface area contributed by atoms with Crippen LogP contribution in [0, 0.1) is 0 Å². The second-order valence-corrected chi connectivity index (χ2v) is 3.20. The molecule has 0 saturated carbocycles. The molecule has 12 nitrogen and oxygen atoms in total. The lowest BCUT2D eigenvalue weighted by Gasteiger charge is -1.98. The molecule has 13 heteroatoms. The summed E-state index contributed by atoms with van der Waals surface area (Å²) >= 11 is 0. The Balaban J connectivity index is 0. The topological polar surface area (TPSA) is 164 Å². The molecule has 1 rings (SSSR count). The van der Waals surface area contributed by atoms with Crippen molar-refractivity contribution in [2.45, 2.75) is 13.3 Å². The number of cyclic esters (lactones) is 2. The fourth-order valence-electron chi connectivity index (χ4n) is 0.741. The monoisotopic (exact) mass is 360 g/mol. The van der Waals surface area contributed by atoms with Crippen molar-refractivity contribution >= 4 is 24.6 Å². The van der Waals surface area contributed by atoms with Crippen LogP contribution in [-0.2, 0) is 28.4 Å². The van der Waals surface area contributed by atoms with E-state index in [0.29, 0.717) is 6.61 Å². The fraction of sp³-hybridized carbons (Fsp3) is 0.636. The van der Waals surface area contributed by atoms with E-state index in [1.807, 2.05) is 0 Å². The normalized spacial score (nSPS) is 14.3. The van der Waals surface area contributed by atoms with E-state index in [-0.39, 0.29) is 19.8 Å². The van der Waals surface area contributed by atoms with Gasteiger partial charge in [-0.3, -0.25) is 0 Å². The van der Waals surface area contributed by atoms with Crippen molar-refractivity contribution in [1.29, 1.82) is 0 Å². The van der Waals surface area contributed by atoms with Gasteiger partial charge in [0.1, 0.15) is 13.2 Å². The van der Waals surface area contributed by atoms with Crippen LogP contribution < -0.4 is 0 Å².